The summed E-state index contributed by atoms with van der Waals surface area (Å²) in [5.41, 5.74) is 0.868. The standard InChI is InChI=1S/C14H21ClFNO/c1-14(2,10-18)6-3-7-17-9-11-4-5-12(15)13(16)8-11/h4-5,8,17-18H,3,6-7,9-10H2,1-2H3. The fraction of sp³-hybridized carbons (Fsp3) is 0.571. The molecule has 0 spiro atoms. The van der Waals surface area contributed by atoms with E-state index in [1.54, 1.807) is 6.07 Å². The predicted molar refractivity (Wildman–Crippen MR) is 73.2 cm³/mol. The highest BCUT2D eigenvalue weighted by Crippen LogP contribution is 2.20. The van der Waals surface area contributed by atoms with Gasteiger partial charge in [0, 0.05) is 13.2 Å². The van der Waals surface area contributed by atoms with Gasteiger partial charge in [0.25, 0.3) is 0 Å². The van der Waals surface area contributed by atoms with Crippen molar-refractivity contribution in [2.45, 2.75) is 33.2 Å². The van der Waals surface area contributed by atoms with E-state index < -0.39 is 0 Å². The van der Waals surface area contributed by atoms with Gasteiger partial charge in [0.15, 0.2) is 0 Å². The molecule has 0 fully saturated rings. The normalized spacial score (nSPS) is 11.8. The molecule has 0 unspecified atom stereocenters. The Balaban J connectivity index is 2.24. The molecule has 18 heavy (non-hydrogen) atoms. The fourth-order valence-corrected chi connectivity index (χ4v) is 1.77. The summed E-state index contributed by atoms with van der Waals surface area (Å²) < 4.78 is 13.2. The van der Waals surface area contributed by atoms with Gasteiger partial charge in [-0.1, -0.05) is 31.5 Å². The molecule has 1 aromatic carbocycles. The highest BCUT2D eigenvalue weighted by atomic mass is 35.5. The number of aliphatic hydroxyl groups is 1. The van der Waals surface area contributed by atoms with E-state index in [2.05, 4.69) is 5.32 Å². The van der Waals surface area contributed by atoms with Gasteiger partial charge in [0.2, 0.25) is 0 Å². The molecule has 0 saturated heterocycles. The van der Waals surface area contributed by atoms with Crippen LogP contribution in [0.15, 0.2) is 18.2 Å². The zero-order valence-electron chi connectivity index (χ0n) is 11.0. The largest absolute Gasteiger partial charge is 0.396 e. The lowest BCUT2D eigenvalue weighted by atomic mass is 9.89. The van der Waals surface area contributed by atoms with Gasteiger partial charge in [-0.05, 0) is 42.5 Å². The molecule has 0 amide bonds. The van der Waals surface area contributed by atoms with Crippen LogP contribution >= 0.6 is 11.6 Å². The van der Waals surface area contributed by atoms with Crippen LogP contribution in [-0.2, 0) is 6.54 Å². The van der Waals surface area contributed by atoms with Gasteiger partial charge in [-0.25, -0.2) is 4.39 Å². The minimum Gasteiger partial charge on any atom is -0.396 e. The number of nitrogens with one attached hydrogen (secondary N) is 1. The summed E-state index contributed by atoms with van der Waals surface area (Å²) in [6.07, 6.45) is 1.95. The average molecular weight is 274 g/mol. The quantitative estimate of drug-likeness (QED) is 0.747. The zero-order valence-corrected chi connectivity index (χ0v) is 11.7. The van der Waals surface area contributed by atoms with Gasteiger partial charge in [-0.15, -0.1) is 0 Å². The highest BCUT2D eigenvalue weighted by Gasteiger charge is 2.15. The smallest absolute Gasteiger partial charge is 0.142 e. The van der Waals surface area contributed by atoms with Crippen molar-refractivity contribution >= 4 is 11.6 Å². The number of hydrogen-bond donors (Lipinski definition) is 2. The second kappa shape index (κ2) is 7.07. The van der Waals surface area contributed by atoms with E-state index in [4.69, 9.17) is 16.7 Å². The molecule has 0 aliphatic rings. The van der Waals surface area contributed by atoms with E-state index in [9.17, 15) is 4.39 Å². The van der Waals surface area contributed by atoms with Crippen LogP contribution in [0.25, 0.3) is 0 Å². The predicted octanol–water partition coefficient (Wildman–Crippen LogP) is 3.37. The fourth-order valence-electron chi connectivity index (χ4n) is 1.65. The first-order valence-electron chi connectivity index (χ1n) is 6.20. The summed E-state index contributed by atoms with van der Waals surface area (Å²) in [5, 5.41) is 12.5. The SMILES string of the molecule is CC(C)(CO)CCCNCc1ccc(Cl)c(F)c1. The molecule has 0 saturated carbocycles. The van der Waals surface area contributed by atoms with Crippen LogP contribution in [-0.4, -0.2) is 18.3 Å². The van der Waals surface area contributed by atoms with Gasteiger partial charge >= 0.3 is 0 Å². The maximum Gasteiger partial charge on any atom is 0.142 e. The van der Waals surface area contributed by atoms with E-state index in [0.717, 1.165) is 24.9 Å². The van der Waals surface area contributed by atoms with Crippen molar-refractivity contribution in [3.63, 3.8) is 0 Å². The summed E-state index contributed by atoms with van der Waals surface area (Å²) in [7, 11) is 0. The third kappa shape index (κ3) is 5.34. The van der Waals surface area contributed by atoms with E-state index in [1.807, 2.05) is 19.9 Å². The molecule has 0 aliphatic carbocycles. The second-order valence-electron chi connectivity index (χ2n) is 5.35. The first-order chi connectivity index (χ1) is 8.44. The van der Waals surface area contributed by atoms with Crippen LogP contribution < -0.4 is 5.32 Å². The second-order valence-corrected chi connectivity index (χ2v) is 5.76. The van der Waals surface area contributed by atoms with Crippen LogP contribution in [0.2, 0.25) is 5.02 Å². The summed E-state index contributed by atoms with van der Waals surface area (Å²) in [6.45, 7) is 5.78. The molecule has 102 valence electrons. The highest BCUT2D eigenvalue weighted by molar-refractivity contribution is 6.30. The number of aliphatic hydroxyl groups excluding tert-OH is 1. The topological polar surface area (TPSA) is 32.3 Å². The van der Waals surface area contributed by atoms with Crippen LogP contribution in [0.4, 0.5) is 4.39 Å². The van der Waals surface area contributed by atoms with E-state index in [1.165, 1.54) is 6.07 Å². The summed E-state index contributed by atoms with van der Waals surface area (Å²) in [6, 6.07) is 4.84. The lowest BCUT2D eigenvalue weighted by Crippen LogP contribution is -2.20. The number of benzene rings is 1. The number of hydrogen-bond acceptors (Lipinski definition) is 2. The van der Waals surface area contributed by atoms with Crippen molar-refractivity contribution in [2.24, 2.45) is 5.41 Å². The van der Waals surface area contributed by atoms with E-state index >= 15 is 0 Å². The molecule has 0 aliphatic heterocycles. The summed E-state index contributed by atoms with van der Waals surface area (Å²) >= 11 is 5.61. The lowest BCUT2D eigenvalue weighted by Gasteiger charge is -2.21. The van der Waals surface area contributed by atoms with Gasteiger partial charge < -0.3 is 10.4 Å². The molecular weight excluding hydrogens is 253 g/mol. The van der Waals surface area contributed by atoms with Gasteiger partial charge in [-0.3, -0.25) is 0 Å². The maximum atomic E-state index is 13.2. The first kappa shape index (κ1) is 15.4. The Morgan fingerprint density at radius 3 is 2.72 bits per heavy atom. The van der Waals surface area contributed by atoms with Crippen molar-refractivity contribution in [1.29, 1.82) is 0 Å². The van der Waals surface area contributed by atoms with Crippen LogP contribution in [0, 0.1) is 11.2 Å². The maximum absolute atomic E-state index is 13.2. The Morgan fingerprint density at radius 2 is 2.11 bits per heavy atom. The molecular formula is C14H21ClFNO. The van der Waals surface area contributed by atoms with Gasteiger partial charge in [0.05, 0.1) is 5.02 Å². The summed E-state index contributed by atoms with van der Waals surface area (Å²) in [5.74, 6) is -0.377. The Labute approximate surface area is 113 Å². The molecule has 0 radical (unpaired) electrons. The van der Waals surface area contributed by atoms with Crippen molar-refractivity contribution < 1.29 is 9.50 Å². The van der Waals surface area contributed by atoms with Crippen molar-refractivity contribution in [3.05, 3.63) is 34.6 Å². The minimum absolute atomic E-state index is 0.0198. The monoisotopic (exact) mass is 273 g/mol. The average Bonchev–Trinajstić information content (AvgIpc) is 2.33. The molecule has 1 rings (SSSR count). The van der Waals surface area contributed by atoms with Gasteiger partial charge in [0.1, 0.15) is 5.82 Å². The molecule has 0 bridgehead atoms. The van der Waals surface area contributed by atoms with Crippen molar-refractivity contribution in [1.82, 2.24) is 5.32 Å². The van der Waals surface area contributed by atoms with Gasteiger partial charge in [-0.2, -0.15) is 0 Å². The third-order valence-corrected chi connectivity index (χ3v) is 3.25. The molecule has 0 heterocycles. The lowest BCUT2D eigenvalue weighted by molar-refractivity contribution is 0.148. The van der Waals surface area contributed by atoms with Crippen molar-refractivity contribution in [2.75, 3.05) is 13.2 Å². The van der Waals surface area contributed by atoms with E-state index in [-0.39, 0.29) is 22.9 Å². The molecule has 0 aromatic heterocycles. The molecule has 0 atom stereocenters. The third-order valence-electron chi connectivity index (χ3n) is 2.95. The zero-order chi connectivity index (χ0) is 13.6. The molecule has 4 heteroatoms. The Bertz CT molecular complexity index is 382. The summed E-state index contributed by atoms with van der Waals surface area (Å²) in [4.78, 5) is 0. The Kier molecular flexibility index (Phi) is 6.06. The molecule has 2 N–H and O–H groups in total. The van der Waals surface area contributed by atoms with Crippen LogP contribution in [0.5, 0.6) is 0 Å². The molecule has 2 nitrogen and oxygen atoms in total. The number of halogens is 2. The number of rotatable bonds is 7. The Morgan fingerprint density at radius 1 is 1.39 bits per heavy atom. The minimum atomic E-state index is -0.377. The Hall–Kier alpha value is -0.640. The first-order valence-corrected chi connectivity index (χ1v) is 6.58. The van der Waals surface area contributed by atoms with Crippen molar-refractivity contribution in [3.8, 4) is 0 Å². The van der Waals surface area contributed by atoms with Crippen LogP contribution in [0.1, 0.15) is 32.3 Å². The van der Waals surface area contributed by atoms with Crippen LogP contribution in [0.3, 0.4) is 0 Å². The molecule has 1 aromatic rings. The van der Waals surface area contributed by atoms with E-state index in [0.29, 0.717) is 6.54 Å².